The molecule has 2 atom stereocenters. The molecule has 0 bridgehead atoms. The number of nitrogens with zero attached hydrogens (tertiary/aromatic N) is 2. The van der Waals surface area contributed by atoms with Gasteiger partial charge in [0.15, 0.2) is 6.10 Å². The highest BCUT2D eigenvalue weighted by Gasteiger charge is 2.34. The maximum atomic E-state index is 12.8. The average molecular weight is 360 g/mol. The summed E-state index contributed by atoms with van der Waals surface area (Å²) >= 11 is 0. The van der Waals surface area contributed by atoms with Crippen molar-refractivity contribution in [2.24, 2.45) is 0 Å². The van der Waals surface area contributed by atoms with Crippen LogP contribution in [0.5, 0.6) is 0 Å². The van der Waals surface area contributed by atoms with Gasteiger partial charge in [-0.15, -0.1) is 0 Å². The van der Waals surface area contributed by atoms with E-state index in [4.69, 9.17) is 10.00 Å². The molecule has 27 heavy (non-hydrogen) atoms. The fourth-order valence-corrected chi connectivity index (χ4v) is 3.19. The summed E-state index contributed by atoms with van der Waals surface area (Å²) in [5.74, 6) is -0.812. The zero-order chi connectivity index (χ0) is 19.4. The summed E-state index contributed by atoms with van der Waals surface area (Å²) in [6.07, 6.45) is 2.79. The topological polar surface area (TPSA) is 70.4 Å². The zero-order valence-corrected chi connectivity index (χ0v) is 15.3. The van der Waals surface area contributed by atoms with Crippen molar-refractivity contribution in [2.75, 3.05) is 4.90 Å². The van der Waals surface area contributed by atoms with Gasteiger partial charge in [0.2, 0.25) is 0 Å². The Balaban J connectivity index is 1.63. The molecule has 5 heteroatoms. The molecule has 136 valence electrons. The van der Waals surface area contributed by atoms with Crippen molar-refractivity contribution in [1.29, 1.82) is 5.26 Å². The molecular formula is C22H20N2O3. The Morgan fingerprint density at radius 3 is 2.63 bits per heavy atom. The third kappa shape index (κ3) is 4.06. The summed E-state index contributed by atoms with van der Waals surface area (Å²) in [6.45, 7) is 3.57. The molecule has 1 aliphatic heterocycles. The van der Waals surface area contributed by atoms with Crippen LogP contribution in [0.15, 0.2) is 54.6 Å². The fraction of sp³-hybridized carbons (Fsp3) is 0.227. The average Bonchev–Trinajstić information content (AvgIpc) is 3.01. The van der Waals surface area contributed by atoms with E-state index in [1.54, 1.807) is 42.2 Å². The van der Waals surface area contributed by atoms with Crippen molar-refractivity contribution < 1.29 is 14.3 Å². The zero-order valence-electron chi connectivity index (χ0n) is 15.3. The second-order valence-electron chi connectivity index (χ2n) is 6.54. The van der Waals surface area contributed by atoms with Gasteiger partial charge in [-0.2, -0.15) is 5.26 Å². The Morgan fingerprint density at radius 2 is 1.93 bits per heavy atom. The van der Waals surface area contributed by atoms with Crippen molar-refractivity contribution >= 4 is 23.6 Å². The molecule has 1 heterocycles. The summed E-state index contributed by atoms with van der Waals surface area (Å²) in [7, 11) is 0. The number of anilines is 1. The highest BCUT2D eigenvalue weighted by atomic mass is 16.5. The molecule has 0 saturated carbocycles. The van der Waals surface area contributed by atoms with Crippen LogP contribution in [0.4, 0.5) is 5.69 Å². The van der Waals surface area contributed by atoms with E-state index in [0.29, 0.717) is 5.56 Å². The van der Waals surface area contributed by atoms with Gasteiger partial charge in [-0.25, -0.2) is 4.79 Å². The molecule has 0 radical (unpaired) electrons. The molecule has 3 rings (SSSR count). The van der Waals surface area contributed by atoms with Crippen LogP contribution in [0, 0.1) is 11.3 Å². The van der Waals surface area contributed by atoms with Crippen LogP contribution < -0.4 is 4.90 Å². The van der Waals surface area contributed by atoms with Crippen molar-refractivity contribution in [1.82, 2.24) is 0 Å². The molecule has 0 aliphatic carbocycles. The Hall–Kier alpha value is -3.39. The number of benzene rings is 2. The maximum Gasteiger partial charge on any atom is 0.331 e. The molecule has 5 nitrogen and oxygen atoms in total. The van der Waals surface area contributed by atoms with E-state index < -0.39 is 12.1 Å². The van der Waals surface area contributed by atoms with Crippen molar-refractivity contribution in [2.45, 2.75) is 32.4 Å². The van der Waals surface area contributed by atoms with Crippen molar-refractivity contribution in [3.63, 3.8) is 0 Å². The normalized spacial score (nSPS) is 16.6. The molecule has 2 aromatic carbocycles. The third-order valence-corrected chi connectivity index (χ3v) is 4.54. The number of amides is 1. The predicted molar refractivity (Wildman–Crippen MR) is 103 cm³/mol. The van der Waals surface area contributed by atoms with Crippen LogP contribution in [0.3, 0.4) is 0 Å². The SMILES string of the molecule is C[C@@H](OC(=O)/C=C/c1ccc(C#N)cc1)C(=O)N1c2ccccc2C[C@@H]1C. The van der Waals surface area contributed by atoms with E-state index in [2.05, 4.69) is 0 Å². The first kappa shape index (κ1) is 18.4. The highest BCUT2D eigenvalue weighted by Crippen LogP contribution is 2.32. The maximum absolute atomic E-state index is 12.8. The second-order valence-corrected chi connectivity index (χ2v) is 6.54. The van der Waals surface area contributed by atoms with Gasteiger partial charge in [0, 0.05) is 17.8 Å². The standard InChI is InChI=1S/C22H20N2O3/c1-15-13-19-5-3-4-6-20(19)24(15)22(26)16(2)27-21(25)12-11-17-7-9-18(14-23)10-8-17/h3-12,15-16H,13H2,1-2H3/b12-11+/t15-,16+/m0/s1. The summed E-state index contributed by atoms with van der Waals surface area (Å²) in [5.41, 5.74) is 3.32. The van der Waals surface area contributed by atoms with Gasteiger partial charge in [-0.3, -0.25) is 4.79 Å². The quantitative estimate of drug-likeness (QED) is 0.618. The number of esters is 1. The molecule has 0 fully saturated rings. The molecule has 0 saturated heterocycles. The second kappa shape index (κ2) is 7.88. The summed E-state index contributed by atoms with van der Waals surface area (Å²) in [6, 6.07) is 16.7. The van der Waals surface area contributed by atoms with Crippen LogP contribution in [0.1, 0.15) is 30.5 Å². The number of rotatable bonds is 4. The smallest absolute Gasteiger partial charge is 0.331 e. The monoisotopic (exact) mass is 360 g/mol. The number of hydrogen-bond donors (Lipinski definition) is 0. The van der Waals surface area contributed by atoms with Gasteiger partial charge in [0.1, 0.15) is 0 Å². The minimum absolute atomic E-state index is 0.0326. The Morgan fingerprint density at radius 1 is 1.22 bits per heavy atom. The van der Waals surface area contributed by atoms with Gasteiger partial charge < -0.3 is 9.64 Å². The van der Waals surface area contributed by atoms with Gasteiger partial charge in [-0.05, 0) is 55.7 Å². The van der Waals surface area contributed by atoms with Gasteiger partial charge in [0.25, 0.3) is 5.91 Å². The fourth-order valence-electron chi connectivity index (χ4n) is 3.19. The van der Waals surface area contributed by atoms with Crippen molar-refractivity contribution in [3.8, 4) is 6.07 Å². The van der Waals surface area contributed by atoms with E-state index in [1.807, 2.05) is 37.3 Å². The highest BCUT2D eigenvalue weighted by molar-refractivity contribution is 6.00. The van der Waals surface area contributed by atoms with Crippen LogP contribution in [-0.2, 0) is 20.7 Å². The lowest BCUT2D eigenvalue weighted by Gasteiger charge is -2.25. The number of carbonyl (C=O) groups is 2. The van der Waals surface area contributed by atoms with E-state index in [-0.39, 0.29) is 11.9 Å². The molecule has 1 amide bonds. The van der Waals surface area contributed by atoms with E-state index >= 15 is 0 Å². The lowest BCUT2D eigenvalue weighted by atomic mass is 10.1. The molecule has 0 unspecified atom stereocenters. The van der Waals surface area contributed by atoms with Crippen LogP contribution in [-0.4, -0.2) is 24.0 Å². The van der Waals surface area contributed by atoms with E-state index in [9.17, 15) is 9.59 Å². The summed E-state index contributed by atoms with van der Waals surface area (Å²) < 4.78 is 5.29. The van der Waals surface area contributed by atoms with E-state index in [0.717, 1.165) is 23.2 Å². The number of para-hydroxylation sites is 1. The first-order chi connectivity index (χ1) is 13.0. The Kier molecular flexibility index (Phi) is 5.37. The molecule has 0 spiro atoms. The number of ether oxygens (including phenoxy) is 1. The number of fused-ring (bicyclic) bond motifs is 1. The largest absolute Gasteiger partial charge is 0.449 e. The third-order valence-electron chi connectivity index (χ3n) is 4.54. The molecule has 2 aromatic rings. The molecule has 0 N–H and O–H groups in total. The summed E-state index contributed by atoms with van der Waals surface area (Å²) in [4.78, 5) is 26.6. The molecular weight excluding hydrogens is 340 g/mol. The van der Waals surface area contributed by atoms with Gasteiger partial charge >= 0.3 is 5.97 Å². The lowest BCUT2D eigenvalue weighted by molar-refractivity contribution is -0.149. The number of carbonyl (C=O) groups excluding carboxylic acids is 2. The van der Waals surface area contributed by atoms with Gasteiger partial charge in [-0.1, -0.05) is 30.3 Å². The lowest BCUT2D eigenvalue weighted by Crippen LogP contribution is -2.43. The van der Waals surface area contributed by atoms with Crippen LogP contribution in [0.25, 0.3) is 6.08 Å². The Labute approximate surface area is 158 Å². The molecule has 1 aliphatic rings. The van der Waals surface area contributed by atoms with Crippen molar-refractivity contribution in [3.05, 3.63) is 71.3 Å². The minimum atomic E-state index is -0.878. The first-order valence-electron chi connectivity index (χ1n) is 8.79. The van der Waals surface area contributed by atoms with E-state index in [1.165, 1.54) is 6.08 Å². The predicted octanol–water partition coefficient (Wildman–Crippen LogP) is 3.48. The van der Waals surface area contributed by atoms with Crippen LogP contribution in [0.2, 0.25) is 0 Å². The van der Waals surface area contributed by atoms with Gasteiger partial charge in [0.05, 0.1) is 11.6 Å². The number of hydrogen-bond acceptors (Lipinski definition) is 4. The first-order valence-corrected chi connectivity index (χ1v) is 8.79. The minimum Gasteiger partial charge on any atom is -0.449 e. The van der Waals surface area contributed by atoms with Crippen LogP contribution >= 0.6 is 0 Å². The summed E-state index contributed by atoms with van der Waals surface area (Å²) in [5, 5.41) is 8.79. The Bertz CT molecular complexity index is 925. The molecule has 0 aromatic heterocycles. The number of nitriles is 1.